The number of aromatic nitrogens is 3. The van der Waals surface area contributed by atoms with Crippen LogP contribution in [0.15, 0.2) is 24.4 Å². The van der Waals surface area contributed by atoms with Crippen LogP contribution in [0.4, 0.5) is 10.6 Å². The predicted molar refractivity (Wildman–Crippen MR) is 126 cm³/mol. The van der Waals surface area contributed by atoms with E-state index in [-0.39, 0.29) is 36.0 Å². The topological polar surface area (TPSA) is 107 Å². The van der Waals surface area contributed by atoms with E-state index in [0.29, 0.717) is 18.2 Å². The Bertz CT molecular complexity index is 966. The van der Waals surface area contributed by atoms with Crippen LogP contribution >= 0.6 is 0 Å². The lowest BCUT2D eigenvalue weighted by Crippen LogP contribution is -2.28. The van der Waals surface area contributed by atoms with Gasteiger partial charge in [-0.25, -0.2) is 14.5 Å². The predicted octanol–water partition coefficient (Wildman–Crippen LogP) is 4.00. The number of ether oxygens (including phenoxy) is 2. The van der Waals surface area contributed by atoms with E-state index in [4.69, 9.17) is 14.6 Å². The van der Waals surface area contributed by atoms with E-state index in [1.165, 1.54) is 0 Å². The average molecular weight is 458 g/mol. The number of carbonyl (C=O) groups excluding carboxylic acids is 2. The van der Waals surface area contributed by atoms with Crippen molar-refractivity contribution in [2.75, 3.05) is 19.0 Å². The van der Waals surface area contributed by atoms with Crippen LogP contribution in [0, 0.1) is 0 Å². The molecular formula is C24H35N5O4. The highest BCUT2D eigenvalue weighted by Crippen LogP contribution is 2.37. The summed E-state index contributed by atoms with van der Waals surface area (Å²) in [5, 5.41) is 10.6. The molecule has 2 aromatic heterocycles. The zero-order chi connectivity index (χ0) is 24.0. The number of hydrogen-bond donors (Lipinski definition) is 2. The maximum atomic E-state index is 12.8. The maximum absolute atomic E-state index is 12.8. The SMILES string of the molecule is CCCNC(=O)OC1CCC(c2cc(NC(=O)Cc3ccnc(OC)c3)n(C(C)(C)C)n2)C1. The summed E-state index contributed by atoms with van der Waals surface area (Å²) >= 11 is 0. The van der Waals surface area contributed by atoms with Gasteiger partial charge in [0, 0.05) is 30.8 Å². The highest BCUT2D eigenvalue weighted by molar-refractivity contribution is 5.91. The van der Waals surface area contributed by atoms with Gasteiger partial charge in [0.05, 0.1) is 24.8 Å². The van der Waals surface area contributed by atoms with Gasteiger partial charge in [0.25, 0.3) is 0 Å². The highest BCUT2D eigenvalue weighted by atomic mass is 16.6. The first-order valence-corrected chi connectivity index (χ1v) is 11.5. The standard InChI is InChI=1S/C24H35N5O4/c1-6-10-26-23(31)33-18-8-7-17(14-18)19-15-20(29(28-19)24(2,3)4)27-21(30)12-16-9-11-25-22(13-16)32-5/h9,11,13,15,17-18H,6-8,10,12,14H2,1-5H3,(H,26,31)(H,27,30). The quantitative estimate of drug-likeness (QED) is 0.621. The Kier molecular flexibility index (Phi) is 7.94. The minimum atomic E-state index is -0.358. The van der Waals surface area contributed by atoms with Crippen molar-refractivity contribution in [2.24, 2.45) is 0 Å². The molecule has 33 heavy (non-hydrogen) atoms. The molecule has 180 valence electrons. The summed E-state index contributed by atoms with van der Waals surface area (Å²) in [6.07, 6.45) is 4.64. The largest absolute Gasteiger partial charge is 0.481 e. The molecular weight excluding hydrogens is 422 g/mol. The summed E-state index contributed by atoms with van der Waals surface area (Å²) < 4.78 is 12.5. The summed E-state index contributed by atoms with van der Waals surface area (Å²) in [6.45, 7) is 8.76. The van der Waals surface area contributed by atoms with Gasteiger partial charge in [-0.15, -0.1) is 0 Å². The van der Waals surface area contributed by atoms with Gasteiger partial charge in [0.1, 0.15) is 11.9 Å². The van der Waals surface area contributed by atoms with Crippen LogP contribution in [0.1, 0.15) is 70.6 Å². The maximum Gasteiger partial charge on any atom is 0.407 e. The summed E-state index contributed by atoms with van der Waals surface area (Å²) in [5.41, 5.74) is 1.42. The molecule has 1 fully saturated rings. The number of methoxy groups -OCH3 is 1. The minimum absolute atomic E-state index is 0.119. The van der Waals surface area contributed by atoms with Crippen LogP contribution < -0.4 is 15.4 Å². The number of carbonyl (C=O) groups is 2. The molecule has 0 spiro atoms. The Hall–Kier alpha value is -3.10. The summed E-state index contributed by atoms with van der Waals surface area (Å²) in [4.78, 5) is 28.7. The molecule has 9 nitrogen and oxygen atoms in total. The third-order valence-electron chi connectivity index (χ3n) is 5.60. The molecule has 2 unspecified atom stereocenters. The van der Waals surface area contributed by atoms with Crippen LogP contribution in [0.3, 0.4) is 0 Å². The second-order valence-electron chi connectivity index (χ2n) is 9.43. The lowest BCUT2D eigenvalue weighted by atomic mass is 10.0. The molecule has 0 bridgehead atoms. The van der Waals surface area contributed by atoms with Crippen molar-refractivity contribution in [1.29, 1.82) is 0 Å². The normalized spacial score (nSPS) is 18.1. The van der Waals surface area contributed by atoms with E-state index in [1.54, 1.807) is 25.4 Å². The van der Waals surface area contributed by atoms with Crippen LogP contribution in [-0.2, 0) is 21.5 Å². The van der Waals surface area contributed by atoms with E-state index in [0.717, 1.165) is 36.9 Å². The molecule has 2 atom stereocenters. The zero-order valence-corrected chi connectivity index (χ0v) is 20.2. The minimum Gasteiger partial charge on any atom is -0.481 e. The Labute approximate surface area is 195 Å². The van der Waals surface area contributed by atoms with Gasteiger partial charge in [-0.1, -0.05) is 6.92 Å². The molecule has 0 aliphatic heterocycles. The summed E-state index contributed by atoms with van der Waals surface area (Å²) in [6, 6.07) is 5.49. The molecule has 0 saturated heterocycles. The molecule has 0 radical (unpaired) electrons. The third-order valence-corrected chi connectivity index (χ3v) is 5.60. The number of hydrogen-bond acceptors (Lipinski definition) is 6. The summed E-state index contributed by atoms with van der Waals surface area (Å²) in [5.74, 6) is 1.18. The molecule has 3 rings (SSSR count). The lowest BCUT2D eigenvalue weighted by Gasteiger charge is -2.22. The fraction of sp³-hybridized carbons (Fsp3) is 0.583. The van der Waals surface area contributed by atoms with Crippen molar-refractivity contribution < 1.29 is 19.1 Å². The van der Waals surface area contributed by atoms with Gasteiger partial charge < -0.3 is 20.1 Å². The fourth-order valence-electron chi connectivity index (χ4n) is 3.98. The van der Waals surface area contributed by atoms with Crippen molar-refractivity contribution in [3.8, 4) is 5.88 Å². The van der Waals surface area contributed by atoms with E-state index in [2.05, 4.69) is 15.6 Å². The Morgan fingerprint density at radius 2 is 2.03 bits per heavy atom. The lowest BCUT2D eigenvalue weighted by molar-refractivity contribution is -0.115. The first-order valence-electron chi connectivity index (χ1n) is 11.5. The van der Waals surface area contributed by atoms with Gasteiger partial charge in [0.15, 0.2) is 0 Å². The van der Waals surface area contributed by atoms with Crippen molar-refractivity contribution in [3.63, 3.8) is 0 Å². The molecule has 2 N–H and O–H groups in total. The number of nitrogens with one attached hydrogen (secondary N) is 2. The molecule has 9 heteroatoms. The van der Waals surface area contributed by atoms with Crippen molar-refractivity contribution in [2.45, 2.75) is 77.4 Å². The van der Waals surface area contributed by atoms with E-state index < -0.39 is 0 Å². The fourth-order valence-corrected chi connectivity index (χ4v) is 3.98. The molecule has 1 saturated carbocycles. The zero-order valence-electron chi connectivity index (χ0n) is 20.2. The van der Waals surface area contributed by atoms with Crippen molar-refractivity contribution in [1.82, 2.24) is 20.1 Å². The van der Waals surface area contributed by atoms with Gasteiger partial charge in [-0.3, -0.25) is 4.79 Å². The number of pyridine rings is 1. The second-order valence-corrected chi connectivity index (χ2v) is 9.43. The number of amides is 2. The van der Waals surface area contributed by atoms with Crippen LogP contribution in [0.25, 0.3) is 0 Å². The van der Waals surface area contributed by atoms with Gasteiger partial charge in [-0.05, 0) is 58.1 Å². The first kappa shape index (κ1) is 24.5. The van der Waals surface area contributed by atoms with Crippen LogP contribution in [-0.4, -0.2) is 46.5 Å². The Morgan fingerprint density at radius 3 is 2.73 bits per heavy atom. The van der Waals surface area contributed by atoms with E-state index >= 15 is 0 Å². The second kappa shape index (κ2) is 10.7. The molecule has 2 heterocycles. The smallest absolute Gasteiger partial charge is 0.407 e. The van der Waals surface area contributed by atoms with Crippen molar-refractivity contribution >= 4 is 17.8 Å². The first-order chi connectivity index (χ1) is 15.7. The number of alkyl carbamates (subject to hydrolysis) is 1. The number of rotatable bonds is 8. The molecule has 2 aromatic rings. The third kappa shape index (κ3) is 6.69. The van der Waals surface area contributed by atoms with E-state index in [9.17, 15) is 9.59 Å². The van der Waals surface area contributed by atoms with Crippen molar-refractivity contribution in [3.05, 3.63) is 35.7 Å². The van der Waals surface area contributed by atoms with Crippen LogP contribution in [0.5, 0.6) is 5.88 Å². The molecule has 1 aliphatic rings. The highest BCUT2D eigenvalue weighted by Gasteiger charge is 2.32. The molecule has 2 amide bonds. The monoisotopic (exact) mass is 457 g/mol. The van der Waals surface area contributed by atoms with Gasteiger partial charge in [0.2, 0.25) is 11.8 Å². The Morgan fingerprint density at radius 1 is 1.24 bits per heavy atom. The summed E-state index contributed by atoms with van der Waals surface area (Å²) in [7, 11) is 1.55. The number of anilines is 1. The molecule has 1 aliphatic carbocycles. The Balaban J connectivity index is 1.68. The number of nitrogens with zero attached hydrogens (tertiary/aromatic N) is 3. The molecule has 0 aromatic carbocycles. The van der Waals surface area contributed by atoms with E-state index in [1.807, 2.05) is 38.4 Å². The van der Waals surface area contributed by atoms with Crippen LogP contribution in [0.2, 0.25) is 0 Å². The average Bonchev–Trinajstić information content (AvgIpc) is 3.39. The van der Waals surface area contributed by atoms with Gasteiger partial charge >= 0.3 is 6.09 Å². The van der Waals surface area contributed by atoms with Gasteiger partial charge in [-0.2, -0.15) is 5.10 Å².